The highest BCUT2D eigenvalue weighted by Crippen LogP contribution is 2.37. The minimum absolute atomic E-state index is 0. The number of benzene rings is 3. The molecule has 0 N–H and O–H groups in total. The lowest BCUT2D eigenvalue weighted by Gasteiger charge is -2.42. The number of rotatable bonds is 5. The number of carbonyl (C=O) groups excluding carboxylic acids is 1. The van der Waals surface area contributed by atoms with Crippen molar-refractivity contribution in [2.75, 3.05) is 19.6 Å². The Hall–Kier alpha value is -3.04. The van der Waals surface area contributed by atoms with Gasteiger partial charge in [-0.3, -0.25) is 9.69 Å². The topological polar surface area (TPSA) is 23.6 Å². The molecule has 0 aliphatic carbocycles. The highest BCUT2D eigenvalue weighted by Gasteiger charge is 2.39. The van der Waals surface area contributed by atoms with E-state index in [2.05, 4.69) is 4.90 Å². The second-order valence-corrected chi connectivity index (χ2v) is 9.79. The van der Waals surface area contributed by atoms with E-state index in [4.69, 9.17) is 0 Å². The van der Waals surface area contributed by atoms with Crippen molar-refractivity contribution in [3.63, 3.8) is 0 Å². The van der Waals surface area contributed by atoms with Crippen molar-refractivity contribution < 1.29 is 31.1 Å². The van der Waals surface area contributed by atoms with Gasteiger partial charge in [-0.05, 0) is 60.7 Å². The van der Waals surface area contributed by atoms with Gasteiger partial charge in [-0.25, -0.2) is 0 Å². The van der Waals surface area contributed by atoms with E-state index in [0.717, 1.165) is 22.3 Å². The van der Waals surface area contributed by atoms with Crippen LogP contribution in [-0.4, -0.2) is 41.4 Å². The number of amides is 1. The molecule has 1 aliphatic heterocycles. The number of nitrogens with zero attached hydrogens (tertiary/aromatic N) is 2. The second kappa shape index (κ2) is 12.0. The largest absolute Gasteiger partial charge is 0.416 e. The molecule has 3 nitrogen and oxygen atoms in total. The maximum atomic E-state index is 13.5. The van der Waals surface area contributed by atoms with E-state index >= 15 is 0 Å². The summed E-state index contributed by atoms with van der Waals surface area (Å²) < 4.78 is 80.6. The summed E-state index contributed by atoms with van der Waals surface area (Å²) in [5, 5.41) is 0. The molecule has 0 radical (unpaired) electrons. The number of piperazine rings is 1. The van der Waals surface area contributed by atoms with Gasteiger partial charge in [-0.2, -0.15) is 26.3 Å². The molecule has 0 aromatic heterocycles. The first-order chi connectivity index (χ1) is 17.8. The third-order valence-electron chi connectivity index (χ3n) is 6.95. The molecule has 1 saturated heterocycles. The van der Waals surface area contributed by atoms with Crippen LogP contribution in [0.3, 0.4) is 0 Å². The van der Waals surface area contributed by atoms with Gasteiger partial charge in [-0.1, -0.05) is 48.5 Å². The Morgan fingerprint density at radius 3 is 1.97 bits per heavy atom. The normalized spacial score (nSPS) is 16.6. The molecular formula is C29H29ClF6N2O. The zero-order chi connectivity index (χ0) is 27.7. The lowest BCUT2D eigenvalue weighted by Crippen LogP contribution is -2.55. The monoisotopic (exact) mass is 570 g/mol. The van der Waals surface area contributed by atoms with Gasteiger partial charge in [0, 0.05) is 37.8 Å². The molecule has 3 aromatic carbocycles. The number of hydrogen-bond donors (Lipinski definition) is 0. The van der Waals surface area contributed by atoms with Gasteiger partial charge < -0.3 is 4.90 Å². The van der Waals surface area contributed by atoms with Gasteiger partial charge in [-0.15, -0.1) is 12.4 Å². The van der Waals surface area contributed by atoms with Crippen molar-refractivity contribution in [1.82, 2.24) is 9.80 Å². The van der Waals surface area contributed by atoms with Gasteiger partial charge in [0.2, 0.25) is 0 Å². The molecule has 0 unspecified atom stereocenters. The first-order valence-corrected chi connectivity index (χ1v) is 12.2. The average Bonchev–Trinajstić information content (AvgIpc) is 2.85. The number of hydrogen-bond acceptors (Lipinski definition) is 2. The van der Waals surface area contributed by atoms with E-state index in [1.807, 2.05) is 62.4 Å². The molecule has 0 spiro atoms. The lowest BCUT2D eigenvalue weighted by molar-refractivity contribution is -0.143. The minimum Gasteiger partial charge on any atom is -0.333 e. The smallest absolute Gasteiger partial charge is 0.333 e. The van der Waals surface area contributed by atoms with Crippen LogP contribution < -0.4 is 0 Å². The van der Waals surface area contributed by atoms with Crippen LogP contribution in [0, 0.1) is 13.8 Å². The van der Waals surface area contributed by atoms with Crippen LogP contribution in [0.15, 0.2) is 66.7 Å². The molecule has 1 aliphatic rings. The van der Waals surface area contributed by atoms with Crippen LogP contribution in [-0.2, 0) is 25.3 Å². The molecule has 10 heteroatoms. The van der Waals surface area contributed by atoms with E-state index in [-0.39, 0.29) is 25.0 Å². The van der Waals surface area contributed by atoms with Crippen LogP contribution in [0.25, 0.3) is 0 Å². The Kier molecular flexibility index (Phi) is 9.39. The van der Waals surface area contributed by atoms with E-state index in [0.29, 0.717) is 38.2 Å². The molecule has 210 valence electrons. The Labute approximate surface area is 229 Å². The van der Waals surface area contributed by atoms with Gasteiger partial charge in [0.25, 0.3) is 5.91 Å². The zero-order valence-corrected chi connectivity index (χ0v) is 22.3. The third-order valence-corrected chi connectivity index (χ3v) is 6.95. The molecule has 1 fully saturated rings. The fourth-order valence-electron chi connectivity index (χ4n) is 4.79. The van der Waals surface area contributed by atoms with Crippen LogP contribution in [0.5, 0.6) is 0 Å². The fraction of sp³-hybridized carbons (Fsp3) is 0.345. The predicted octanol–water partition coefficient (Wildman–Crippen LogP) is 7.33. The number of carbonyl (C=O) groups is 1. The molecule has 0 bridgehead atoms. The zero-order valence-electron chi connectivity index (χ0n) is 21.4. The van der Waals surface area contributed by atoms with E-state index in [1.54, 1.807) is 0 Å². The first kappa shape index (κ1) is 30.5. The summed E-state index contributed by atoms with van der Waals surface area (Å²) in [6.07, 6.45) is -9.63. The highest BCUT2D eigenvalue weighted by molar-refractivity contribution is 5.95. The van der Waals surface area contributed by atoms with Crippen LogP contribution in [0.4, 0.5) is 26.3 Å². The molecule has 1 amide bonds. The molecule has 4 rings (SSSR count). The Balaban J connectivity index is 0.00000420. The van der Waals surface area contributed by atoms with Gasteiger partial charge in [0.15, 0.2) is 0 Å². The molecule has 39 heavy (non-hydrogen) atoms. The van der Waals surface area contributed by atoms with Crippen molar-refractivity contribution in [3.8, 4) is 0 Å². The standard InChI is InChI=1S/C29H28F6N2O.ClH/c1-19-8-9-22(12-20(19)2)13-26-18-36(17-21-6-4-3-5-7-21)10-11-37(26)27(38)23-14-24(28(30,31)32)16-25(15-23)29(33,34)35;/h3-9,12,14-16,26H,10-11,13,17-18H2,1-2H3;1H/t26-;/m1./s1. The summed E-state index contributed by atoms with van der Waals surface area (Å²) >= 11 is 0. The highest BCUT2D eigenvalue weighted by atomic mass is 35.5. The van der Waals surface area contributed by atoms with E-state index in [1.165, 1.54) is 4.90 Å². The maximum absolute atomic E-state index is 13.5. The number of aryl methyl sites for hydroxylation is 2. The van der Waals surface area contributed by atoms with E-state index < -0.39 is 41.0 Å². The Bertz CT molecular complexity index is 1260. The van der Waals surface area contributed by atoms with Crippen LogP contribution >= 0.6 is 12.4 Å². The quantitative estimate of drug-likeness (QED) is 0.300. The average molecular weight is 571 g/mol. The van der Waals surface area contributed by atoms with Gasteiger partial charge >= 0.3 is 12.4 Å². The summed E-state index contributed by atoms with van der Waals surface area (Å²) in [5.41, 5.74) is 0.564. The van der Waals surface area contributed by atoms with E-state index in [9.17, 15) is 31.1 Å². The van der Waals surface area contributed by atoms with Crippen molar-refractivity contribution >= 4 is 18.3 Å². The summed E-state index contributed by atoms with van der Waals surface area (Å²) in [6, 6.07) is 16.3. The Morgan fingerprint density at radius 1 is 0.795 bits per heavy atom. The third kappa shape index (κ3) is 7.54. The SMILES string of the molecule is Cc1ccc(C[C@@H]2CN(Cc3ccccc3)CCN2C(=O)c2cc(C(F)(F)F)cc(C(F)(F)F)c2)cc1C.Cl. The van der Waals surface area contributed by atoms with Crippen molar-refractivity contribution in [2.24, 2.45) is 0 Å². The summed E-state index contributed by atoms with van der Waals surface area (Å²) in [6.45, 7) is 5.61. The maximum Gasteiger partial charge on any atom is 0.416 e. The molecular weight excluding hydrogens is 542 g/mol. The van der Waals surface area contributed by atoms with Crippen molar-refractivity contribution in [3.05, 3.63) is 106 Å². The van der Waals surface area contributed by atoms with Crippen LogP contribution in [0.2, 0.25) is 0 Å². The fourth-order valence-corrected chi connectivity index (χ4v) is 4.79. The number of halogens is 7. The minimum atomic E-state index is -5.02. The lowest BCUT2D eigenvalue weighted by atomic mass is 9.97. The van der Waals surface area contributed by atoms with Crippen molar-refractivity contribution in [2.45, 2.75) is 45.2 Å². The molecule has 3 aromatic rings. The molecule has 0 saturated carbocycles. The molecule has 1 atom stereocenters. The van der Waals surface area contributed by atoms with Crippen molar-refractivity contribution in [1.29, 1.82) is 0 Å². The molecule has 1 heterocycles. The number of alkyl halides is 6. The van der Waals surface area contributed by atoms with Crippen LogP contribution in [0.1, 0.15) is 43.7 Å². The predicted molar refractivity (Wildman–Crippen MR) is 140 cm³/mol. The summed E-state index contributed by atoms with van der Waals surface area (Å²) in [5.74, 6) is -0.838. The second-order valence-electron chi connectivity index (χ2n) is 9.79. The van der Waals surface area contributed by atoms with Gasteiger partial charge in [0.05, 0.1) is 11.1 Å². The first-order valence-electron chi connectivity index (χ1n) is 12.2. The summed E-state index contributed by atoms with van der Waals surface area (Å²) in [4.78, 5) is 17.1. The van der Waals surface area contributed by atoms with Gasteiger partial charge in [0.1, 0.15) is 0 Å². The Morgan fingerprint density at radius 2 is 1.41 bits per heavy atom. The summed E-state index contributed by atoms with van der Waals surface area (Å²) in [7, 11) is 0.